The zero-order chi connectivity index (χ0) is 32.4. The number of fused-ring (bicyclic) bond motifs is 1. The van der Waals surface area contributed by atoms with E-state index in [0.29, 0.717) is 15.3 Å². The van der Waals surface area contributed by atoms with Crippen LogP contribution >= 0.6 is 11.3 Å². The Bertz CT molecular complexity index is 1750. The molecule has 16 heteroatoms. The van der Waals surface area contributed by atoms with Gasteiger partial charge in [-0.25, -0.2) is 13.4 Å². The number of benzene rings is 2. The molecule has 2 aromatic heterocycles. The van der Waals surface area contributed by atoms with Crippen molar-refractivity contribution in [1.29, 1.82) is 0 Å². The fourth-order valence-electron chi connectivity index (χ4n) is 4.99. The number of ether oxygens (including phenoxy) is 1. The molecule has 1 atom stereocenters. The van der Waals surface area contributed by atoms with E-state index in [9.17, 15) is 36.6 Å². The molecular formula is C29H30F3N5O6S2. The van der Waals surface area contributed by atoms with Crippen molar-refractivity contribution >= 4 is 42.6 Å². The monoisotopic (exact) mass is 665 g/mol. The Labute approximate surface area is 261 Å². The number of aliphatic hydroxyl groups excluding tert-OH is 1. The molecule has 0 bridgehead atoms. The van der Waals surface area contributed by atoms with E-state index in [-0.39, 0.29) is 36.6 Å². The van der Waals surface area contributed by atoms with Crippen molar-refractivity contribution in [1.82, 2.24) is 19.6 Å². The summed E-state index contributed by atoms with van der Waals surface area (Å²) in [6.07, 6.45) is -2.03. The van der Waals surface area contributed by atoms with Gasteiger partial charge in [0.05, 0.1) is 20.7 Å². The molecule has 45 heavy (non-hydrogen) atoms. The topological polar surface area (TPSA) is 145 Å². The Morgan fingerprint density at radius 2 is 1.78 bits per heavy atom. The predicted octanol–water partition coefficient (Wildman–Crippen LogP) is 3.72. The summed E-state index contributed by atoms with van der Waals surface area (Å²) in [7, 11) is -4.34. The summed E-state index contributed by atoms with van der Waals surface area (Å²) in [5, 5.41) is 22.7. The van der Waals surface area contributed by atoms with Crippen LogP contribution in [-0.4, -0.2) is 70.8 Å². The van der Waals surface area contributed by atoms with Crippen LogP contribution in [0.1, 0.15) is 36.3 Å². The lowest BCUT2D eigenvalue weighted by Gasteiger charge is -2.39. The molecule has 11 nitrogen and oxygen atoms in total. The Morgan fingerprint density at radius 3 is 2.42 bits per heavy atom. The average molecular weight is 666 g/mol. The number of sulfonamides is 1. The summed E-state index contributed by atoms with van der Waals surface area (Å²) in [5.74, 6) is -1.16. The molecule has 240 valence electrons. The second-order valence-corrected chi connectivity index (χ2v) is 13.2. The fourth-order valence-corrected chi connectivity index (χ4v) is 7.57. The van der Waals surface area contributed by atoms with Gasteiger partial charge in [-0.3, -0.25) is 9.78 Å². The van der Waals surface area contributed by atoms with Crippen molar-refractivity contribution in [2.75, 3.05) is 24.5 Å². The van der Waals surface area contributed by atoms with Crippen LogP contribution in [0.25, 0.3) is 10.2 Å². The molecule has 0 saturated carbocycles. The summed E-state index contributed by atoms with van der Waals surface area (Å²) in [6, 6.07) is 10.3. The number of alkyl halides is 3. The van der Waals surface area contributed by atoms with Crippen LogP contribution in [-0.2, 0) is 27.8 Å². The van der Waals surface area contributed by atoms with Gasteiger partial charge in [0.2, 0.25) is 15.9 Å². The number of anilines is 1. The van der Waals surface area contributed by atoms with E-state index in [1.807, 2.05) is 24.3 Å². The van der Waals surface area contributed by atoms with Crippen molar-refractivity contribution in [2.24, 2.45) is 0 Å². The van der Waals surface area contributed by atoms with Gasteiger partial charge in [-0.1, -0.05) is 48.9 Å². The zero-order valence-corrected chi connectivity index (χ0v) is 25.6. The first-order chi connectivity index (χ1) is 21.4. The lowest BCUT2D eigenvalue weighted by molar-refractivity contribution is -0.274. The predicted molar refractivity (Wildman–Crippen MR) is 160 cm³/mol. The number of carbonyl (C=O) groups is 1. The fraction of sp³-hybridized carbons (Fsp3) is 0.345. The van der Waals surface area contributed by atoms with Crippen LogP contribution in [0.3, 0.4) is 0 Å². The van der Waals surface area contributed by atoms with Crippen molar-refractivity contribution in [3.8, 4) is 5.75 Å². The standard InChI is InChI=1S/C29H30F3N5O6S2/c1-2-3-18-4-6-19(7-5-18)14-34-26(38)23-17-36(28-35-25-22(27(39)40)15-33-16-24(25)44-28)12-13-37(23)45(41,42)21-10-8-20(9-11-21)43-29(30,31)32/h4-11,15-16,23,27,39-40H,2-3,12-14,17H2,1H3,(H,34,38)/t23-/m1/s1. The van der Waals surface area contributed by atoms with Gasteiger partial charge in [-0.2, -0.15) is 4.31 Å². The maximum atomic E-state index is 13.8. The minimum atomic E-state index is -4.94. The molecule has 1 aliphatic rings. The smallest absolute Gasteiger partial charge is 0.406 e. The number of aryl methyl sites for hydroxylation is 1. The summed E-state index contributed by atoms with van der Waals surface area (Å²) in [6.45, 7) is 2.11. The number of aliphatic hydroxyl groups is 2. The summed E-state index contributed by atoms with van der Waals surface area (Å²) >= 11 is 1.20. The van der Waals surface area contributed by atoms with E-state index in [1.54, 1.807) is 4.90 Å². The molecule has 0 unspecified atom stereocenters. The Morgan fingerprint density at radius 1 is 1.09 bits per heavy atom. The zero-order valence-electron chi connectivity index (χ0n) is 23.9. The van der Waals surface area contributed by atoms with Gasteiger partial charge in [0.1, 0.15) is 11.8 Å². The first kappa shape index (κ1) is 32.6. The highest BCUT2D eigenvalue weighted by molar-refractivity contribution is 7.89. The number of pyridine rings is 1. The second kappa shape index (κ2) is 13.3. The van der Waals surface area contributed by atoms with Crippen LogP contribution < -0.4 is 15.0 Å². The van der Waals surface area contributed by atoms with E-state index in [0.717, 1.165) is 52.5 Å². The van der Waals surface area contributed by atoms with Gasteiger partial charge in [0, 0.05) is 38.6 Å². The summed E-state index contributed by atoms with van der Waals surface area (Å²) < 4.78 is 70.9. The van der Waals surface area contributed by atoms with Crippen molar-refractivity contribution in [3.63, 3.8) is 0 Å². The first-order valence-electron chi connectivity index (χ1n) is 13.9. The van der Waals surface area contributed by atoms with Crippen molar-refractivity contribution < 1.29 is 41.3 Å². The van der Waals surface area contributed by atoms with E-state index in [2.05, 4.69) is 26.9 Å². The van der Waals surface area contributed by atoms with Gasteiger partial charge < -0.3 is 25.2 Å². The van der Waals surface area contributed by atoms with E-state index < -0.39 is 40.4 Å². The number of piperazine rings is 1. The highest BCUT2D eigenvalue weighted by atomic mass is 32.2. The molecule has 1 fully saturated rings. The SMILES string of the molecule is CCCc1ccc(CNC(=O)[C@H]2CN(c3nc4c(C(O)O)cncc4s3)CCN2S(=O)(=O)c2ccc(OC(F)(F)F)cc2)cc1. The van der Waals surface area contributed by atoms with Crippen LogP contribution in [0.15, 0.2) is 65.8 Å². The van der Waals surface area contributed by atoms with Gasteiger partial charge in [0.25, 0.3) is 0 Å². The molecule has 1 amide bonds. The largest absolute Gasteiger partial charge is 0.573 e. The molecule has 1 aliphatic heterocycles. The number of hydrogen-bond donors (Lipinski definition) is 3. The summed E-state index contributed by atoms with van der Waals surface area (Å²) in [5.41, 5.74) is 2.40. The Hall–Kier alpha value is -3.83. The normalized spacial score (nSPS) is 16.3. The number of thiazole rings is 1. The van der Waals surface area contributed by atoms with E-state index in [4.69, 9.17) is 0 Å². The molecule has 0 spiro atoms. The van der Waals surface area contributed by atoms with Crippen LogP contribution in [0.4, 0.5) is 18.3 Å². The van der Waals surface area contributed by atoms with Crippen LogP contribution in [0.2, 0.25) is 0 Å². The number of amides is 1. The van der Waals surface area contributed by atoms with E-state index in [1.165, 1.54) is 23.7 Å². The first-order valence-corrected chi connectivity index (χ1v) is 16.2. The second-order valence-electron chi connectivity index (χ2n) is 10.3. The van der Waals surface area contributed by atoms with Gasteiger partial charge in [-0.15, -0.1) is 13.2 Å². The van der Waals surface area contributed by atoms with E-state index >= 15 is 0 Å². The highest BCUT2D eigenvalue weighted by Gasteiger charge is 2.41. The third kappa shape index (κ3) is 7.53. The van der Waals surface area contributed by atoms with Crippen LogP contribution in [0.5, 0.6) is 5.75 Å². The number of carbonyl (C=O) groups excluding carboxylic acids is 1. The summed E-state index contributed by atoms with van der Waals surface area (Å²) in [4.78, 5) is 23.6. The highest BCUT2D eigenvalue weighted by Crippen LogP contribution is 2.34. The molecule has 4 aromatic rings. The quantitative estimate of drug-likeness (QED) is 0.216. The molecule has 3 N–H and O–H groups in total. The van der Waals surface area contributed by atoms with Gasteiger partial charge in [0.15, 0.2) is 11.4 Å². The number of aromatic nitrogens is 2. The average Bonchev–Trinajstić information content (AvgIpc) is 3.44. The third-order valence-corrected chi connectivity index (χ3v) is 10.2. The minimum Gasteiger partial charge on any atom is -0.406 e. The molecule has 5 rings (SSSR count). The van der Waals surface area contributed by atoms with Crippen molar-refractivity contribution in [2.45, 2.75) is 49.9 Å². The van der Waals surface area contributed by atoms with Gasteiger partial charge >= 0.3 is 6.36 Å². The number of nitrogens with one attached hydrogen (secondary N) is 1. The molecular weight excluding hydrogens is 635 g/mol. The Balaban J connectivity index is 1.42. The molecule has 0 aliphatic carbocycles. The van der Waals surface area contributed by atoms with Crippen LogP contribution in [0, 0.1) is 0 Å². The lowest BCUT2D eigenvalue weighted by Crippen LogP contribution is -2.60. The number of nitrogens with zero attached hydrogens (tertiary/aromatic N) is 4. The number of hydrogen-bond acceptors (Lipinski definition) is 10. The maximum Gasteiger partial charge on any atom is 0.573 e. The lowest BCUT2D eigenvalue weighted by atomic mass is 10.1. The minimum absolute atomic E-state index is 0.0972. The molecule has 2 aromatic carbocycles. The molecule has 3 heterocycles. The molecule has 0 radical (unpaired) electrons. The van der Waals surface area contributed by atoms with Crippen molar-refractivity contribution in [3.05, 3.63) is 77.6 Å². The number of halogens is 3. The van der Waals surface area contributed by atoms with Gasteiger partial charge in [-0.05, 0) is 41.8 Å². The number of rotatable bonds is 10. The molecule has 1 saturated heterocycles. The maximum absolute atomic E-state index is 13.8. The Kier molecular flexibility index (Phi) is 9.60. The third-order valence-electron chi connectivity index (χ3n) is 7.20.